The third-order valence-corrected chi connectivity index (χ3v) is 4.48. The van der Waals surface area contributed by atoms with Gasteiger partial charge in [-0.15, -0.1) is 0 Å². The van der Waals surface area contributed by atoms with Crippen LogP contribution >= 0.6 is 15.9 Å². The molecule has 1 aliphatic rings. The van der Waals surface area contributed by atoms with Gasteiger partial charge in [-0.3, -0.25) is 9.78 Å². The van der Waals surface area contributed by atoms with Crippen molar-refractivity contribution in [2.24, 2.45) is 0 Å². The van der Waals surface area contributed by atoms with Crippen LogP contribution in [0.25, 0.3) is 11.2 Å². The van der Waals surface area contributed by atoms with E-state index in [1.165, 1.54) is 15.5 Å². The number of fused-ring (bicyclic) bond motifs is 1. The molecule has 0 bridgehead atoms. The van der Waals surface area contributed by atoms with Crippen LogP contribution in [-0.2, 0) is 4.74 Å². The number of nitrogens with two attached hydrogens (primary N) is 1. The first-order valence-electron chi connectivity index (χ1n) is 7.07. The number of nitrogens with one attached hydrogen (secondary N) is 1. The smallest absolute Gasteiger partial charge is 0.313 e. The Bertz CT molecular complexity index is 809. The summed E-state index contributed by atoms with van der Waals surface area (Å²) in [5.41, 5.74) is 5.07. The molecule has 0 amide bonds. The molecule has 132 valence electrons. The highest BCUT2D eigenvalue weighted by Gasteiger charge is 2.47. The van der Waals surface area contributed by atoms with Crippen molar-refractivity contribution in [2.75, 3.05) is 17.7 Å². The lowest BCUT2D eigenvalue weighted by atomic mass is 10.1. The number of hydrogen-bond donors (Lipinski definition) is 6. The molecule has 5 atom stereocenters. The van der Waals surface area contributed by atoms with E-state index in [0.717, 1.165) is 0 Å². The predicted molar refractivity (Wildman–Crippen MR) is 83.0 cm³/mol. The molecule has 1 fully saturated rings. The minimum atomic E-state index is -1.37. The van der Waals surface area contributed by atoms with Crippen LogP contribution in [0.3, 0.4) is 0 Å². The average molecular weight is 407 g/mol. The van der Waals surface area contributed by atoms with Gasteiger partial charge in [-0.1, -0.05) is 20.9 Å². The third kappa shape index (κ3) is 2.60. The van der Waals surface area contributed by atoms with E-state index in [0.29, 0.717) is 0 Å². The van der Waals surface area contributed by atoms with Gasteiger partial charge >= 0.3 is 5.65 Å². The van der Waals surface area contributed by atoms with Crippen LogP contribution in [0.2, 0.25) is 0 Å². The highest BCUT2D eigenvalue weighted by atomic mass is 79.9. The molecule has 1 saturated heterocycles. The Morgan fingerprint density at radius 2 is 2.21 bits per heavy atom. The Balaban J connectivity index is 2.20. The highest BCUT2D eigenvalue weighted by Crippen LogP contribution is 2.27. The summed E-state index contributed by atoms with van der Waals surface area (Å²) in [5, 5.41) is 39.5. The second-order valence-corrected chi connectivity index (χ2v) is 6.06. The number of alkyl halides is 1. The van der Waals surface area contributed by atoms with E-state index in [1.807, 2.05) is 0 Å². The molecular formula is C12H17BrN5O6+. The summed E-state index contributed by atoms with van der Waals surface area (Å²) < 4.78 is 7.98. The van der Waals surface area contributed by atoms with Crippen molar-refractivity contribution in [2.45, 2.75) is 30.8 Å². The zero-order valence-electron chi connectivity index (χ0n) is 12.3. The molecule has 2 unspecified atom stereocenters. The van der Waals surface area contributed by atoms with Gasteiger partial charge in [0.15, 0.2) is 12.6 Å². The number of H-pyrrole nitrogens is 1. The minimum absolute atomic E-state index is 0.0221. The molecule has 1 aliphatic heterocycles. The molecule has 0 aromatic carbocycles. The van der Waals surface area contributed by atoms with Crippen LogP contribution in [0.5, 0.6) is 0 Å². The molecule has 11 nitrogen and oxygen atoms in total. The van der Waals surface area contributed by atoms with Gasteiger partial charge in [-0.2, -0.15) is 0 Å². The van der Waals surface area contributed by atoms with E-state index in [4.69, 9.17) is 10.5 Å². The van der Waals surface area contributed by atoms with Gasteiger partial charge in [-0.25, -0.2) is 9.13 Å². The summed E-state index contributed by atoms with van der Waals surface area (Å²) in [6.45, 7) is -0.492. The molecule has 12 heteroatoms. The summed E-state index contributed by atoms with van der Waals surface area (Å²) in [6.07, 6.45) is -4.54. The lowest BCUT2D eigenvalue weighted by molar-refractivity contribution is -0.746. The molecule has 0 spiro atoms. The van der Waals surface area contributed by atoms with E-state index >= 15 is 0 Å². The fraction of sp³-hybridized carbons (Fsp3) is 0.583. The lowest BCUT2D eigenvalue weighted by Gasteiger charge is -2.12. The van der Waals surface area contributed by atoms with Crippen molar-refractivity contribution >= 4 is 33.0 Å². The number of aliphatic hydroxyl groups excluding tert-OH is 4. The van der Waals surface area contributed by atoms with Gasteiger partial charge in [0, 0.05) is 0 Å². The molecule has 3 rings (SSSR count). The number of aromatic nitrogens is 4. The van der Waals surface area contributed by atoms with Gasteiger partial charge in [-0.05, 0) is 0 Å². The van der Waals surface area contributed by atoms with Gasteiger partial charge in [0.05, 0.1) is 11.9 Å². The minimum Gasteiger partial charge on any atom is -0.394 e. The first kappa shape index (κ1) is 17.3. The molecule has 24 heavy (non-hydrogen) atoms. The number of rotatable bonds is 4. The van der Waals surface area contributed by atoms with Crippen molar-refractivity contribution in [1.29, 1.82) is 0 Å². The van der Waals surface area contributed by atoms with Crippen LogP contribution in [0.1, 0.15) is 12.5 Å². The maximum Gasteiger partial charge on any atom is 0.313 e. The molecule has 7 N–H and O–H groups in total. The quantitative estimate of drug-likeness (QED) is 0.231. The number of nitrogens with zero attached hydrogens (tertiary/aromatic N) is 3. The van der Waals surface area contributed by atoms with Gasteiger partial charge in [0.25, 0.3) is 11.5 Å². The number of anilines is 1. The zero-order valence-corrected chi connectivity index (χ0v) is 13.9. The monoisotopic (exact) mass is 406 g/mol. The lowest BCUT2D eigenvalue weighted by Crippen LogP contribution is -2.46. The van der Waals surface area contributed by atoms with Crippen molar-refractivity contribution < 1.29 is 29.7 Å². The Morgan fingerprint density at radius 3 is 2.79 bits per heavy atom. The van der Waals surface area contributed by atoms with Crippen LogP contribution in [0.15, 0.2) is 11.1 Å². The number of aromatic amines is 1. The Kier molecular flexibility index (Phi) is 4.59. The number of nitrogen functional groups attached to an aromatic ring is 1. The number of imidazole rings is 1. The number of ether oxygens (including phenoxy) is 1. The van der Waals surface area contributed by atoms with Gasteiger partial charge in [0.2, 0.25) is 11.7 Å². The second-order valence-electron chi connectivity index (χ2n) is 5.42. The summed E-state index contributed by atoms with van der Waals surface area (Å²) >= 11 is 3.12. The summed E-state index contributed by atoms with van der Waals surface area (Å²) in [4.78, 5) is 18.6. The highest BCUT2D eigenvalue weighted by molar-refractivity contribution is 9.09. The molecule has 0 aliphatic carbocycles. The molecule has 0 radical (unpaired) electrons. The SMILES string of the molecule is Nc1nc2c(c(=O)[nH]1)n(C(O)CBr)c[n+]2C1O[C@@H](CO)[C@H](O)[C@@H]1O. The Hall–Kier alpha value is -1.57. The first-order valence-corrected chi connectivity index (χ1v) is 8.19. The van der Waals surface area contributed by atoms with Gasteiger partial charge in [0.1, 0.15) is 18.3 Å². The predicted octanol–water partition coefficient (Wildman–Crippen LogP) is -2.91. The van der Waals surface area contributed by atoms with Crippen molar-refractivity contribution in [3.8, 4) is 0 Å². The van der Waals surface area contributed by atoms with E-state index in [2.05, 4.69) is 25.9 Å². The fourth-order valence-electron chi connectivity index (χ4n) is 2.73. The Labute approximate surface area is 143 Å². The normalized spacial score (nSPS) is 28.5. The van der Waals surface area contributed by atoms with E-state index < -0.39 is 42.9 Å². The molecule has 2 aromatic rings. The maximum atomic E-state index is 12.2. The third-order valence-electron chi connectivity index (χ3n) is 3.90. The number of aliphatic hydroxyl groups is 4. The summed E-state index contributed by atoms with van der Waals surface area (Å²) in [7, 11) is 0. The largest absolute Gasteiger partial charge is 0.394 e. The summed E-state index contributed by atoms with van der Waals surface area (Å²) in [6, 6.07) is 0. The van der Waals surface area contributed by atoms with E-state index in [-0.39, 0.29) is 22.4 Å². The van der Waals surface area contributed by atoms with Crippen molar-refractivity contribution in [3.05, 3.63) is 16.7 Å². The topological polar surface area (TPSA) is 171 Å². The van der Waals surface area contributed by atoms with Crippen molar-refractivity contribution in [1.82, 2.24) is 14.5 Å². The van der Waals surface area contributed by atoms with Gasteiger partial charge < -0.3 is 30.9 Å². The number of halogens is 1. The van der Waals surface area contributed by atoms with Crippen LogP contribution in [0, 0.1) is 0 Å². The maximum absolute atomic E-state index is 12.2. The van der Waals surface area contributed by atoms with Crippen molar-refractivity contribution in [3.63, 3.8) is 0 Å². The summed E-state index contributed by atoms with van der Waals surface area (Å²) in [5.74, 6) is -0.154. The molecule has 3 heterocycles. The van der Waals surface area contributed by atoms with Crippen LogP contribution in [0.4, 0.5) is 5.95 Å². The van der Waals surface area contributed by atoms with Crippen LogP contribution < -0.4 is 15.9 Å². The average Bonchev–Trinajstić information content (AvgIpc) is 3.06. The number of hydrogen-bond acceptors (Lipinski definition) is 8. The first-order chi connectivity index (χ1) is 11.4. The fourth-order valence-corrected chi connectivity index (χ4v) is 3.04. The standard InChI is InChI=1S/C12H16BrN5O6/c13-1-5(20)17-3-18(9-6(17)10(23)16-12(14)15-9)11-8(22)7(21)4(2-19)24-11/h3-5,7-8,11,19-22H,1-2H2,(H2-,14,15,16,23)/p+1/t4-,5?,7-,8-,11?/m0/s1. The van der Waals surface area contributed by atoms with E-state index in [1.54, 1.807) is 0 Å². The molecular weight excluding hydrogens is 390 g/mol. The van der Waals surface area contributed by atoms with E-state index in [9.17, 15) is 25.2 Å². The Morgan fingerprint density at radius 1 is 1.50 bits per heavy atom. The zero-order chi connectivity index (χ0) is 17.6. The molecule has 0 saturated carbocycles. The second kappa shape index (κ2) is 6.38. The van der Waals surface area contributed by atoms with Crippen LogP contribution in [-0.4, -0.2) is 65.2 Å². The molecule has 2 aromatic heterocycles.